The fourth-order valence-electron chi connectivity index (χ4n) is 1.83. The van der Waals surface area contributed by atoms with Gasteiger partial charge in [0.2, 0.25) is 5.91 Å². The van der Waals surface area contributed by atoms with Crippen molar-refractivity contribution >= 4 is 23.2 Å². The molecule has 0 saturated carbocycles. The van der Waals surface area contributed by atoms with Crippen LogP contribution < -0.4 is 5.32 Å². The standard InChI is InChI=1S/C15H12ClF3N2O/c16-13-6-4-11(9-12(13)15(17,18)19)21-14(22)7-5-10-3-1-2-8-20-10/h1-4,6,8-9H,5,7H2,(H,21,22). The van der Waals surface area contributed by atoms with Crippen molar-refractivity contribution in [2.45, 2.75) is 19.0 Å². The molecule has 116 valence electrons. The second-order valence-corrected chi connectivity index (χ2v) is 4.97. The number of pyridine rings is 1. The van der Waals surface area contributed by atoms with E-state index in [-0.39, 0.29) is 18.0 Å². The maximum atomic E-state index is 12.7. The molecule has 3 nitrogen and oxygen atoms in total. The van der Waals surface area contributed by atoms with Gasteiger partial charge in [0.05, 0.1) is 10.6 Å². The summed E-state index contributed by atoms with van der Waals surface area (Å²) in [5, 5.41) is 2.02. The summed E-state index contributed by atoms with van der Waals surface area (Å²) >= 11 is 5.52. The predicted octanol–water partition coefficient (Wildman–Crippen LogP) is 4.33. The first kappa shape index (κ1) is 16.3. The molecule has 22 heavy (non-hydrogen) atoms. The van der Waals surface area contributed by atoms with Gasteiger partial charge < -0.3 is 5.32 Å². The highest BCUT2D eigenvalue weighted by atomic mass is 35.5. The largest absolute Gasteiger partial charge is 0.417 e. The highest BCUT2D eigenvalue weighted by molar-refractivity contribution is 6.31. The number of halogens is 4. The number of nitrogens with one attached hydrogen (secondary N) is 1. The van der Waals surface area contributed by atoms with Crippen LogP contribution in [0, 0.1) is 0 Å². The van der Waals surface area contributed by atoms with Crippen molar-refractivity contribution in [3.8, 4) is 0 Å². The van der Waals surface area contributed by atoms with Crippen molar-refractivity contribution in [3.63, 3.8) is 0 Å². The Bertz CT molecular complexity index is 660. The Morgan fingerprint density at radius 3 is 2.64 bits per heavy atom. The molecule has 0 atom stereocenters. The highest BCUT2D eigenvalue weighted by Crippen LogP contribution is 2.36. The van der Waals surface area contributed by atoms with Gasteiger partial charge in [-0.2, -0.15) is 13.2 Å². The van der Waals surface area contributed by atoms with E-state index in [0.717, 1.165) is 17.8 Å². The minimum Gasteiger partial charge on any atom is -0.326 e. The number of carbonyl (C=O) groups excluding carboxylic acids is 1. The molecule has 0 aliphatic rings. The summed E-state index contributed by atoms with van der Waals surface area (Å²) in [7, 11) is 0. The summed E-state index contributed by atoms with van der Waals surface area (Å²) in [4.78, 5) is 15.8. The molecule has 0 fully saturated rings. The minimum atomic E-state index is -4.56. The van der Waals surface area contributed by atoms with E-state index in [9.17, 15) is 18.0 Å². The number of rotatable bonds is 4. The Morgan fingerprint density at radius 1 is 1.23 bits per heavy atom. The molecule has 2 aromatic rings. The second-order valence-electron chi connectivity index (χ2n) is 4.56. The summed E-state index contributed by atoms with van der Waals surface area (Å²) in [6, 6.07) is 8.60. The van der Waals surface area contributed by atoms with Crippen molar-refractivity contribution in [2.75, 3.05) is 5.32 Å². The zero-order valence-electron chi connectivity index (χ0n) is 11.3. The van der Waals surface area contributed by atoms with Crippen molar-refractivity contribution < 1.29 is 18.0 Å². The van der Waals surface area contributed by atoms with Gasteiger partial charge in [0.25, 0.3) is 0 Å². The number of alkyl halides is 3. The van der Waals surface area contributed by atoms with E-state index >= 15 is 0 Å². The highest BCUT2D eigenvalue weighted by Gasteiger charge is 2.33. The molecule has 1 amide bonds. The molecule has 1 aromatic heterocycles. The molecule has 0 saturated heterocycles. The Balaban J connectivity index is 2.00. The predicted molar refractivity (Wildman–Crippen MR) is 77.6 cm³/mol. The van der Waals surface area contributed by atoms with Crippen molar-refractivity contribution in [2.24, 2.45) is 0 Å². The summed E-state index contributed by atoms with van der Waals surface area (Å²) in [5.74, 6) is -0.388. The molecule has 1 N–H and O–H groups in total. The van der Waals surface area contributed by atoms with Crippen LogP contribution in [0.2, 0.25) is 5.02 Å². The molecule has 0 bridgehead atoms. The van der Waals surface area contributed by atoms with E-state index in [1.54, 1.807) is 24.4 Å². The van der Waals surface area contributed by atoms with E-state index in [0.29, 0.717) is 6.42 Å². The van der Waals surface area contributed by atoms with Gasteiger partial charge in [-0.3, -0.25) is 9.78 Å². The third-order valence-electron chi connectivity index (χ3n) is 2.89. The minimum absolute atomic E-state index is 0.0581. The lowest BCUT2D eigenvalue weighted by Gasteiger charge is -2.11. The topological polar surface area (TPSA) is 42.0 Å². The summed E-state index contributed by atoms with van der Waals surface area (Å²) in [6.45, 7) is 0. The fourth-order valence-corrected chi connectivity index (χ4v) is 2.06. The number of amides is 1. The van der Waals surface area contributed by atoms with Crippen LogP contribution in [-0.2, 0) is 17.4 Å². The molecule has 0 radical (unpaired) electrons. The maximum Gasteiger partial charge on any atom is 0.417 e. The number of hydrogen-bond acceptors (Lipinski definition) is 2. The fraction of sp³-hybridized carbons (Fsp3) is 0.200. The monoisotopic (exact) mass is 328 g/mol. The third kappa shape index (κ3) is 4.46. The molecule has 1 heterocycles. The van der Waals surface area contributed by atoms with Gasteiger partial charge in [0.15, 0.2) is 0 Å². The first-order valence-corrected chi connectivity index (χ1v) is 6.80. The first-order valence-electron chi connectivity index (χ1n) is 6.43. The van der Waals surface area contributed by atoms with E-state index in [2.05, 4.69) is 10.3 Å². The van der Waals surface area contributed by atoms with Crippen LogP contribution in [0.5, 0.6) is 0 Å². The van der Waals surface area contributed by atoms with Crippen LogP contribution in [0.1, 0.15) is 17.7 Å². The normalized spacial score (nSPS) is 11.3. The Hall–Kier alpha value is -2.08. The average molecular weight is 329 g/mol. The lowest BCUT2D eigenvalue weighted by Crippen LogP contribution is -2.14. The molecule has 0 aliphatic heterocycles. The zero-order chi connectivity index (χ0) is 16.2. The number of anilines is 1. The molecule has 0 spiro atoms. The lowest BCUT2D eigenvalue weighted by molar-refractivity contribution is -0.137. The van der Waals surface area contributed by atoms with Crippen LogP contribution in [0.4, 0.5) is 18.9 Å². The quantitative estimate of drug-likeness (QED) is 0.908. The van der Waals surface area contributed by atoms with Crippen molar-refractivity contribution in [3.05, 3.63) is 58.9 Å². The molecule has 7 heteroatoms. The summed E-state index contributed by atoms with van der Waals surface area (Å²) < 4.78 is 38.2. The van der Waals surface area contributed by atoms with Gasteiger partial charge in [0.1, 0.15) is 0 Å². The molecular weight excluding hydrogens is 317 g/mol. The lowest BCUT2D eigenvalue weighted by atomic mass is 10.1. The van der Waals surface area contributed by atoms with Crippen molar-refractivity contribution in [1.82, 2.24) is 4.98 Å². The van der Waals surface area contributed by atoms with Gasteiger partial charge >= 0.3 is 6.18 Å². The van der Waals surface area contributed by atoms with E-state index < -0.39 is 16.8 Å². The maximum absolute atomic E-state index is 12.7. The number of aromatic nitrogens is 1. The number of carbonyl (C=O) groups is 1. The van der Waals surface area contributed by atoms with Gasteiger partial charge in [-0.25, -0.2) is 0 Å². The SMILES string of the molecule is O=C(CCc1ccccn1)Nc1ccc(Cl)c(C(F)(F)F)c1. The van der Waals surface area contributed by atoms with E-state index in [4.69, 9.17) is 11.6 Å². The third-order valence-corrected chi connectivity index (χ3v) is 3.22. The molecule has 1 aromatic carbocycles. The van der Waals surface area contributed by atoms with Gasteiger partial charge in [-0.1, -0.05) is 17.7 Å². The molecular formula is C15H12ClF3N2O. The van der Waals surface area contributed by atoms with E-state index in [1.165, 1.54) is 6.07 Å². The Labute approximate surface area is 130 Å². The average Bonchev–Trinajstić information content (AvgIpc) is 2.47. The van der Waals surface area contributed by atoms with Crippen LogP contribution in [0.25, 0.3) is 0 Å². The van der Waals surface area contributed by atoms with Gasteiger partial charge in [-0.05, 0) is 36.8 Å². The zero-order valence-corrected chi connectivity index (χ0v) is 12.1. The Kier molecular flexibility index (Phi) is 5.03. The van der Waals surface area contributed by atoms with Crippen LogP contribution in [0.3, 0.4) is 0 Å². The second kappa shape index (κ2) is 6.79. The molecule has 0 aliphatic carbocycles. The number of aryl methyl sites for hydroxylation is 1. The van der Waals surface area contributed by atoms with Gasteiger partial charge in [0, 0.05) is 24.0 Å². The molecule has 2 rings (SSSR count). The number of nitrogens with zero attached hydrogens (tertiary/aromatic N) is 1. The summed E-state index contributed by atoms with van der Waals surface area (Å²) in [5.41, 5.74) is -0.177. The van der Waals surface area contributed by atoms with Crippen LogP contribution >= 0.6 is 11.6 Å². The smallest absolute Gasteiger partial charge is 0.326 e. The Morgan fingerprint density at radius 2 is 2.00 bits per heavy atom. The van der Waals surface area contributed by atoms with Crippen LogP contribution in [-0.4, -0.2) is 10.9 Å². The summed E-state index contributed by atoms with van der Waals surface area (Å²) in [6.07, 6.45) is -2.42. The van der Waals surface area contributed by atoms with Crippen molar-refractivity contribution in [1.29, 1.82) is 0 Å². The van der Waals surface area contributed by atoms with Crippen LogP contribution in [0.15, 0.2) is 42.6 Å². The molecule has 0 unspecified atom stereocenters. The van der Waals surface area contributed by atoms with Gasteiger partial charge in [-0.15, -0.1) is 0 Å². The number of benzene rings is 1. The first-order chi connectivity index (χ1) is 10.4. The van der Waals surface area contributed by atoms with E-state index in [1.807, 2.05) is 0 Å². The number of hydrogen-bond donors (Lipinski definition) is 1.